The number of nitrogens with one attached hydrogen (secondary N) is 1. The molecule has 0 aromatic carbocycles. The monoisotopic (exact) mass is 325 g/mol. The summed E-state index contributed by atoms with van der Waals surface area (Å²) in [6.45, 7) is 1.82. The Morgan fingerprint density at radius 2 is 2.25 bits per heavy atom. The summed E-state index contributed by atoms with van der Waals surface area (Å²) in [7, 11) is 0. The predicted molar refractivity (Wildman–Crippen MR) is 84.8 cm³/mol. The van der Waals surface area contributed by atoms with Crippen molar-refractivity contribution >= 4 is 11.7 Å². The lowest BCUT2D eigenvalue weighted by Gasteiger charge is -2.04. The number of aromatic nitrogens is 4. The average molecular weight is 325 g/mol. The van der Waals surface area contributed by atoms with E-state index >= 15 is 0 Å². The number of amides is 1. The molecule has 122 valence electrons. The lowest BCUT2D eigenvalue weighted by Crippen LogP contribution is -2.19. The van der Waals surface area contributed by atoms with Gasteiger partial charge in [0.05, 0.1) is 0 Å². The van der Waals surface area contributed by atoms with Crippen LogP contribution in [-0.2, 0) is 16.1 Å². The first-order valence-corrected chi connectivity index (χ1v) is 7.24. The summed E-state index contributed by atoms with van der Waals surface area (Å²) in [5.74, 6) is 0.894. The highest BCUT2D eigenvalue weighted by molar-refractivity contribution is 5.90. The molecular formula is C16H15N5O3. The lowest BCUT2D eigenvalue weighted by molar-refractivity contribution is -0.121. The van der Waals surface area contributed by atoms with E-state index in [0.717, 1.165) is 11.1 Å². The Morgan fingerprint density at radius 1 is 1.33 bits per heavy atom. The maximum atomic E-state index is 11.8. The van der Waals surface area contributed by atoms with Gasteiger partial charge < -0.3 is 14.6 Å². The summed E-state index contributed by atoms with van der Waals surface area (Å²) in [4.78, 5) is 24.0. The fraction of sp³-hybridized carbons (Fsp3) is 0.188. The van der Waals surface area contributed by atoms with Crippen LogP contribution in [0.1, 0.15) is 11.5 Å². The summed E-state index contributed by atoms with van der Waals surface area (Å²) < 4.78 is 10.4. The summed E-state index contributed by atoms with van der Waals surface area (Å²) in [6.07, 6.45) is 4.93. The molecule has 0 spiro atoms. The first-order valence-electron chi connectivity index (χ1n) is 7.24. The molecule has 0 saturated carbocycles. The largest absolute Gasteiger partial charge is 0.362 e. The van der Waals surface area contributed by atoms with Gasteiger partial charge in [-0.25, -0.2) is 4.98 Å². The number of aryl methyl sites for hydroxylation is 1. The average Bonchev–Trinajstić information content (AvgIpc) is 3.04. The van der Waals surface area contributed by atoms with Gasteiger partial charge in [0.15, 0.2) is 0 Å². The molecule has 8 nitrogen and oxygen atoms in total. The van der Waals surface area contributed by atoms with Gasteiger partial charge in [-0.05, 0) is 36.8 Å². The third-order valence-corrected chi connectivity index (χ3v) is 3.03. The quantitative estimate of drug-likeness (QED) is 0.739. The molecule has 24 heavy (non-hydrogen) atoms. The maximum Gasteiger partial charge on any atom is 0.252 e. The number of hydrogen-bond donors (Lipinski definition) is 1. The van der Waals surface area contributed by atoms with Crippen LogP contribution in [0.3, 0.4) is 0 Å². The SMILES string of the molecule is Cc1ccnc(NC(=O)COCc2nc(-c3cccnc3)no2)c1. The minimum absolute atomic E-state index is 0.0436. The van der Waals surface area contributed by atoms with Crippen molar-refractivity contribution in [2.75, 3.05) is 11.9 Å². The van der Waals surface area contributed by atoms with Crippen molar-refractivity contribution in [2.24, 2.45) is 0 Å². The van der Waals surface area contributed by atoms with Crippen molar-refractivity contribution in [1.82, 2.24) is 20.1 Å². The topological polar surface area (TPSA) is 103 Å². The molecule has 0 atom stereocenters. The van der Waals surface area contributed by atoms with Gasteiger partial charge in [-0.2, -0.15) is 4.98 Å². The molecule has 3 rings (SSSR count). The highest BCUT2D eigenvalue weighted by atomic mass is 16.5. The van der Waals surface area contributed by atoms with Crippen LogP contribution in [0.4, 0.5) is 5.82 Å². The van der Waals surface area contributed by atoms with E-state index in [-0.39, 0.29) is 25.0 Å². The first kappa shape index (κ1) is 15.8. The second-order valence-corrected chi connectivity index (χ2v) is 5.01. The molecular weight excluding hydrogens is 310 g/mol. The Balaban J connectivity index is 1.48. The molecule has 3 aromatic rings. The smallest absolute Gasteiger partial charge is 0.252 e. The lowest BCUT2D eigenvalue weighted by atomic mass is 10.3. The Hall–Kier alpha value is -3.13. The number of anilines is 1. The van der Waals surface area contributed by atoms with E-state index in [2.05, 4.69) is 25.4 Å². The van der Waals surface area contributed by atoms with Crippen LogP contribution in [0.15, 0.2) is 47.4 Å². The highest BCUT2D eigenvalue weighted by Crippen LogP contribution is 2.14. The zero-order chi connectivity index (χ0) is 16.8. The van der Waals surface area contributed by atoms with Gasteiger partial charge in [0.1, 0.15) is 19.0 Å². The van der Waals surface area contributed by atoms with Crippen LogP contribution in [0.25, 0.3) is 11.4 Å². The fourth-order valence-corrected chi connectivity index (χ4v) is 1.94. The molecule has 1 N–H and O–H groups in total. The molecule has 0 radical (unpaired) electrons. The molecule has 0 aliphatic carbocycles. The van der Waals surface area contributed by atoms with Gasteiger partial charge in [0.2, 0.25) is 5.82 Å². The van der Waals surface area contributed by atoms with Crippen molar-refractivity contribution in [3.63, 3.8) is 0 Å². The summed E-state index contributed by atoms with van der Waals surface area (Å²) in [5.41, 5.74) is 1.76. The maximum absolute atomic E-state index is 11.8. The van der Waals surface area contributed by atoms with E-state index < -0.39 is 0 Å². The number of rotatable bonds is 6. The summed E-state index contributed by atoms with van der Waals surface area (Å²) >= 11 is 0. The number of carbonyl (C=O) groups excluding carboxylic acids is 1. The second-order valence-electron chi connectivity index (χ2n) is 5.01. The molecule has 0 saturated heterocycles. The van der Waals surface area contributed by atoms with Crippen LogP contribution >= 0.6 is 0 Å². The Bertz CT molecular complexity index is 819. The van der Waals surface area contributed by atoms with E-state index in [9.17, 15) is 4.79 Å². The van der Waals surface area contributed by atoms with Gasteiger partial charge in [-0.3, -0.25) is 9.78 Å². The number of ether oxygens (including phenoxy) is 1. The van der Waals surface area contributed by atoms with E-state index in [1.807, 2.05) is 19.1 Å². The van der Waals surface area contributed by atoms with Gasteiger partial charge in [-0.1, -0.05) is 5.16 Å². The number of pyridine rings is 2. The zero-order valence-corrected chi connectivity index (χ0v) is 13.0. The molecule has 0 aliphatic heterocycles. The van der Waals surface area contributed by atoms with E-state index in [1.165, 1.54) is 0 Å². The van der Waals surface area contributed by atoms with Crippen LogP contribution in [0.5, 0.6) is 0 Å². The molecule has 3 heterocycles. The molecule has 0 bridgehead atoms. The van der Waals surface area contributed by atoms with Crippen LogP contribution in [0.2, 0.25) is 0 Å². The Kier molecular flexibility index (Phi) is 4.87. The van der Waals surface area contributed by atoms with E-state index in [4.69, 9.17) is 9.26 Å². The summed E-state index contributed by atoms with van der Waals surface area (Å²) in [5, 5.41) is 6.50. The number of carbonyl (C=O) groups is 1. The van der Waals surface area contributed by atoms with Gasteiger partial charge >= 0.3 is 0 Å². The molecule has 0 aliphatic rings. The fourth-order valence-electron chi connectivity index (χ4n) is 1.94. The predicted octanol–water partition coefficient (Wildman–Crippen LogP) is 1.99. The minimum atomic E-state index is -0.305. The standard InChI is InChI=1S/C16H15N5O3/c1-11-4-6-18-13(7-11)19-14(22)9-23-10-15-20-16(21-24-15)12-3-2-5-17-8-12/h2-8H,9-10H2,1H3,(H,18,19,22). The van der Waals surface area contributed by atoms with Crippen LogP contribution in [0, 0.1) is 6.92 Å². The minimum Gasteiger partial charge on any atom is -0.362 e. The van der Waals surface area contributed by atoms with Crippen molar-refractivity contribution in [1.29, 1.82) is 0 Å². The molecule has 1 amide bonds. The Morgan fingerprint density at radius 3 is 3.04 bits per heavy atom. The third kappa shape index (κ3) is 4.20. The first-order chi connectivity index (χ1) is 11.7. The summed E-state index contributed by atoms with van der Waals surface area (Å²) in [6, 6.07) is 7.23. The van der Waals surface area contributed by atoms with Gasteiger partial charge in [-0.15, -0.1) is 0 Å². The molecule has 3 aromatic heterocycles. The van der Waals surface area contributed by atoms with Crippen molar-refractivity contribution < 1.29 is 14.1 Å². The van der Waals surface area contributed by atoms with E-state index in [0.29, 0.717) is 11.6 Å². The molecule has 0 unspecified atom stereocenters. The van der Waals surface area contributed by atoms with Gasteiger partial charge in [0.25, 0.3) is 11.8 Å². The second kappa shape index (κ2) is 7.42. The molecule has 0 fully saturated rings. The molecule has 8 heteroatoms. The number of nitrogens with zero attached hydrogens (tertiary/aromatic N) is 4. The zero-order valence-electron chi connectivity index (χ0n) is 13.0. The van der Waals surface area contributed by atoms with Crippen LogP contribution < -0.4 is 5.32 Å². The van der Waals surface area contributed by atoms with E-state index in [1.54, 1.807) is 30.7 Å². The normalized spacial score (nSPS) is 10.5. The van der Waals surface area contributed by atoms with Crippen LogP contribution in [-0.4, -0.2) is 32.6 Å². The Labute approximate surface area is 137 Å². The van der Waals surface area contributed by atoms with Crippen molar-refractivity contribution in [2.45, 2.75) is 13.5 Å². The van der Waals surface area contributed by atoms with Crippen molar-refractivity contribution in [3.05, 3.63) is 54.3 Å². The van der Waals surface area contributed by atoms with Crippen molar-refractivity contribution in [3.8, 4) is 11.4 Å². The number of hydrogen-bond acceptors (Lipinski definition) is 7. The third-order valence-electron chi connectivity index (χ3n) is 3.03. The van der Waals surface area contributed by atoms with Gasteiger partial charge in [0, 0.05) is 24.2 Å². The highest BCUT2D eigenvalue weighted by Gasteiger charge is 2.10.